The van der Waals surface area contributed by atoms with Crippen LogP contribution in [-0.2, 0) is 9.59 Å². The zero-order valence-electron chi connectivity index (χ0n) is 9.88. The number of carboxylic acids is 1. The molecule has 5 heteroatoms. The topological polar surface area (TPSA) is 83.6 Å². The summed E-state index contributed by atoms with van der Waals surface area (Å²) in [5, 5.41) is 8.63. The van der Waals surface area contributed by atoms with Crippen LogP contribution in [0.5, 0.6) is 0 Å². The molecule has 3 N–H and O–H groups in total. The first-order chi connectivity index (χ1) is 7.91. The van der Waals surface area contributed by atoms with E-state index in [4.69, 9.17) is 10.8 Å². The van der Waals surface area contributed by atoms with Gasteiger partial charge in [-0.15, -0.1) is 0 Å². The Balaban J connectivity index is 2.73. The molecular weight excluding hydrogens is 220 g/mol. The molecule has 92 valence electrons. The van der Waals surface area contributed by atoms with Gasteiger partial charge in [0.1, 0.15) is 6.04 Å². The fraction of sp³-hybridized carbons (Fsp3) is 0.333. The Kier molecular flexibility index (Phi) is 4.23. The summed E-state index contributed by atoms with van der Waals surface area (Å²) in [6, 6.07) is 6.24. The molecular formula is C12H16N2O3. The van der Waals surface area contributed by atoms with E-state index in [0.717, 1.165) is 11.3 Å². The number of carbonyl (C=O) groups is 2. The van der Waals surface area contributed by atoms with Crippen molar-refractivity contribution in [3.05, 3.63) is 29.8 Å². The van der Waals surface area contributed by atoms with Crippen LogP contribution >= 0.6 is 0 Å². The highest BCUT2D eigenvalue weighted by Crippen LogP contribution is 2.15. The Morgan fingerprint density at radius 2 is 2.12 bits per heavy atom. The van der Waals surface area contributed by atoms with Gasteiger partial charge in [0.25, 0.3) is 0 Å². The average molecular weight is 236 g/mol. The van der Waals surface area contributed by atoms with Crippen LogP contribution in [0.15, 0.2) is 24.3 Å². The van der Waals surface area contributed by atoms with Crippen LogP contribution in [0.25, 0.3) is 0 Å². The third-order valence-corrected chi connectivity index (χ3v) is 2.47. The minimum Gasteiger partial charge on any atom is -0.480 e. The Labute approximate surface area is 99.8 Å². The zero-order valence-corrected chi connectivity index (χ0v) is 9.88. The van der Waals surface area contributed by atoms with Crippen LogP contribution in [0.3, 0.4) is 0 Å². The van der Waals surface area contributed by atoms with Gasteiger partial charge in [0, 0.05) is 12.7 Å². The van der Waals surface area contributed by atoms with E-state index in [1.165, 1.54) is 4.90 Å². The molecule has 0 aliphatic heterocycles. The van der Waals surface area contributed by atoms with Crippen molar-refractivity contribution < 1.29 is 14.7 Å². The number of anilines is 1. The van der Waals surface area contributed by atoms with E-state index in [1.807, 2.05) is 25.1 Å². The summed E-state index contributed by atoms with van der Waals surface area (Å²) in [5.74, 6) is -1.48. The van der Waals surface area contributed by atoms with E-state index in [0.29, 0.717) is 0 Å². The third-order valence-electron chi connectivity index (χ3n) is 2.47. The van der Waals surface area contributed by atoms with Crippen molar-refractivity contribution in [1.29, 1.82) is 0 Å². The molecule has 0 bridgehead atoms. The zero-order chi connectivity index (χ0) is 13.0. The van der Waals surface area contributed by atoms with E-state index in [-0.39, 0.29) is 12.3 Å². The normalized spacial score (nSPS) is 11.9. The van der Waals surface area contributed by atoms with Gasteiger partial charge >= 0.3 is 5.97 Å². The van der Waals surface area contributed by atoms with Gasteiger partial charge < -0.3 is 15.7 Å². The Bertz CT molecular complexity index is 432. The number of carboxylic acid groups (broad SMARTS) is 1. The molecule has 0 saturated heterocycles. The fourth-order valence-corrected chi connectivity index (χ4v) is 1.39. The first kappa shape index (κ1) is 13.2. The summed E-state index contributed by atoms with van der Waals surface area (Å²) in [6.07, 6.45) is -0.209. The predicted octanol–water partition coefficient (Wildman–Crippen LogP) is 0.760. The monoisotopic (exact) mass is 236 g/mol. The second-order valence-electron chi connectivity index (χ2n) is 3.94. The maximum atomic E-state index is 11.8. The van der Waals surface area contributed by atoms with Gasteiger partial charge in [-0.05, 0) is 24.6 Å². The van der Waals surface area contributed by atoms with Crippen molar-refractivity contribution >= 4 is 17.6 Å². The lowest BCUT2D eigenvalue weighted by molar-refractivity contribution is -0.140. The Morgan fingerprint density at radius 3 is 2.65 bits per heavy atom. The lowest BCUT2D eigenvalue weighted by atomic mass is 10.1. The summed E-state index contributed by atoms with van der Waals surface area (Å²) in [5.41, 5.74) is 7.08. The van der Waals surface area contributed by atoms with Crippen molar-refractivity contribution in [2.75, 3.05) is 11.9 Å². The largest absolute Gasteiger partial charge is 0.480 e. The van der Waals surface area contributed by atoms with Crippen molar-refractivity contribution in [2.45, 2.75) is 19.4 Å². The lowest BCUT2D eigenvalue weighted by Crippen LogP contribution is -2.37. The van der Waals surface area contributed by atoms with Gasteiger partial charge in [-0.3, -0.25) is 9.59 Å². The standard InChI is InChI=1S/C12H16N2O3/c1-8-4-3-5-9(6-8)14(2)11(15)7-10(13)12(16)17/h3-6,10H,7,13H2,1-2H3,(H,16,17). The molecule has 1 unspecified atom stereocenters. The number of hydrogen-bond acceptors (Lipinski definition) is 3. The van der Waals surface area contributed by atoms with Crippen LogP contribution < -0.4 is 10.6 Å². The molecule has 17 heavy (non-hydrogen) atoms. The number of hydrogen-bond donors (Lipinski definition) is 2. The van der Waals surface area contributed by atoms with Gasteiger partial charge in [0.15, 0.2) is 0 Å². The Morgan fingerprint density at radius 1 is 1.47 bits per heavy atom. The summed E-state index contributed by atoms with van der Waals surface area (Å²) < 4.78 is 0. The molecule has 0 spiro atoms. The molecule has 0 fully saturated rings. The molecule has 1 atom stereocenters. The summed E-state index contributed by atoms with van der Waals surface area (Å²) in [4.78, 5) is 23.7. The highest BCUT2D eigenvalue weighted by atomic mass is 16.4. The molecule has 1 aromatic rings. The molecule has 0 aliphatic carbocycles. The molecule has 1 amide bonds. The highest BCUT2D eigenvalue weighted by Gasteiger charge is 2.19. The summed E-state index contributed by atoms with van der Waals surface area (Å²) in [6.45, 7) is 1.92. The predicted molar refractivity (Wildman–Crippen MR) is 64.8 cm³/mol. The van der Waals surface area contributed by atoms with Gasteiger partial charge in [-0.1, -0.05) is 12.1 Å². The number of nitrogens with two attached hydrogens (primary N) is 1. The van der Waals surface area contributed by atoms with Crippen LogP contribution in [0, 0.1) is 6.92 Å². The maximum Gasteiger partial charge on any atom is 0.321 e. The number of nitrogens with zero attached hydrogens (tertiary/aromatic N) is 1. The molecule has 0 radical (unpaired) electrons. The molecule has 0 heterocycles. The van der Waals surface area contributed by atoms with E-state index in [9.17, 15) is 9.59 Å². The average Bonchev–Trinajstić information content (AvgIpc) is 2.27. The van der Waals surface area contributed by atoms with Crippen molar-refractivity contribution in [3.63, 3.8) is 0 Å². The molecule has 0 aromatic heterocycles. The number of carbonyl (C=O) groups excluding carboxylic acids is 1. The summed E-state index contributed by atoms with van der Waals surface area (Å²) in [7, 11) is 1.60. The van der Waals surface area contributed by atoms with Crippen molar-refractivity contribution in [3.8, 4) is 0 Å². The van der Waals surface area contributed by atoms with Crippen LogP contribution in [-0.4, -0.2) is 30.1 Å². The SMILES string of the molecule is Cc1cccc(N(C)C(=O)CC(N)C(=O)O)c1. The molecule has 1 aromatic carbocycles. The highest BCUT2D eigenvalue weighted by molar-refractivity contribution is 5.95. The van der Waals surface area contributed by atoms with Gasteiger partial charge in [0.05, 0.1) is 6.42 Å². The van der Waals surface area contributed by atoms with Gasteiger partial charge in [-0.25, -0.2) is 0 Å². The first-order valence-electron chi connectivity index (χ1n) is 5.23. The molecule has 5 nitrogen and oxygen atoms in total. The minimum absolute atomic E-state index is 0.209. The van der Waals surface area contributed by atoms with Crippen LogP contribution in [0.1, 0.15) is 12.0 Å². The van der Waals surface area contributed by atoms with E-state index >= 15 is 0 Å². The lowest BCUT2D eigenvalue weighted by Gasteiger charge is -2.18. The number of amides is 1. The second kappa shape index (κ2) is 5.45. The van der Waals surface area contributed by atoms with E-state index in [2.05, 4.69) is 0 Å². The quantitative estimate of drug-likeness (QED) is 0.808. The van der Waals surface area contributed by atoms with Crippen LogP contribution in [0.2, 0.25) is 0 Å². The minimum atomic E-state index is -1.17. The number of rotatable bonds is 4. The summed E-state index contributed by atoms with van der Waals surface area (Å²) >= 11 is 0. The van der Waals surface area contributed by atoms with Gasteiger partial charge in [-0.2, -0.15) is 0 Å². The van der Waals surface area contributed by atoms with E-state index < -0.39 is 12.0 Å². The fourth-order valence-electron chi connectivity index (χ4n) is 1.39. The maximum absolute atomic E-state index is 11.8. The van der Waals surface area contributed by atoms with Crippen molar-refractivity contribution in [1.82, 2.24) is 0 Å². The van der Waals surface area contributed by atoms with E-state index in [1.54, 1.807) is 13.1 Å². The van der Waals surface area contributed by atoms with Crippen LogP contribution in [0.4, 0.5) is 5.69 Å². The first-order valence-corrected chi connectivity index (χ1v) is 5.23. The second-order valence-corrected chi connectivity index (χ2v) is 3.94. The van der Waals surface area contributed by atoms with Gasteiger partial charge in [0.2, 0.25) is 5.91 Å². The molecule has 0 saturated carbocycles. The van der Waals surface area contributed by atoms with Crippen molar-refractivity contribution in [2.24, 2.45) is 5.73 Å². The smallest absolute Gasteiger partial charge is 0.321 e. The number of benzene rings is 1. The molecule has 1 rings (SSSR count). The third kappa shape index (κ3) is 3.57. The Hall–Kier alpha value is -1.88. The number of aliphatic carboxylic acids is 1. The molecule has 0 aliphatic rings. The number of aryl methyl sites for hydroxylation is 1.